The smallest absolute Gasteiger partial charge is 0.160 e. The van der Waals surface area contributed by atoms with Crippen molar-refractivity contribution in [1.29, 1.82) is 0 Å². The zero-order chi connectivity index (χ0) is 43.7. The molecule has 0 aliphatic carbocycles. The predicted molar refractivity (Wildman–Crippen MR) is 284 cm³/mol. The highest BCUT2D eigenvalue weighted by atomic mass is 32.1. The molecule has 0 saturated heterocycles. The Hall–Kier alpha value is -8.64. The third-order valence-electron chi connectivity index (χ3n) is 14.1. The standard InChI is InChI=1S/C62H36N4S/c1-2-15-43-37(13-1)30-32-56-59(43)48-19-5-9-24-54(48)66(56)55-25-11-14-40-35-57-51(36-50(40)55)44-16-4-8-23-53(44)65(57)42-31-29-38-33-41(28-27-39(38)34-42)62-63-52-22-7-3-18-47(52)60(64-62)49-21-12-20-46-45-17-6-10-26-58(45)67-61(46)49/h1-36H. The summed E-state index contributed by atoms with van der Waals surface area (Å²) in [6, 6.07) is 79.7. The van der Waals surface area contributed by atoms with Crippen LogP contribution in [0, 0.1) is 0 Å². The molecule has 0 N–H and O–H groups in total. The van der Waals surface area contributed by atoms with E-state index in [1.807, 2.05) is 11.3 Å². The van der Waals surface area contributed by atoms with Gasteiger partial charge in [-0.15, -0.1) is 11.3 Å². The molecule has 5 heteroatoms. The van der Waals surface area contributed by atoms with Gasteiger partial charge in [-0.05, 0) is 93.7 Å². The molecule has 0 spiro atoms. The molecule has 0 aliphatic rings. The van der Waals surface area contributed by atoms with Crippen molar-refractivity contribution >= 4 is 118 Å². The lowest BCUT2D eigenvalue weighted by molar-refractivity contribution is 1.18. The fourth-order valence-electron chi connectivity index (χ4n) is 11.1. The molecular weight excluding hydrogens is 833 g/mol. The Morgan fingerprint density at radius 3 is 1.96 bits per heavy atom. The number of para-hydroxylation sites is 3. The van der Waals surface area contributed by atoms with Gasteiger partial charge < -0.3 is 9.13 Å². The number of thiophene rings is 1. The molecule has 0 fully saturated rings. The van der Waals surface area contributed by atoms with Crippen molar-refractivity contribution in [2.24, 2.45) is 0 Å². The van der Waals surface area contributed by atoms with Gasteiger partial charge in [0.05, 0.1) is 39.0 Å². The summed E-state index contributed by atoms with van der Waals surface area (Å²) >= 11 is 1.83. The van der Waals surface area contributed by atoms with Crippen LogP contribution in [-0.2, 0) is 0 Å². The zero-order valence-corrected chi connectivity index (χ0v) is 36.8. The van der Waals surface area contributed by atoms with Gasteiger partial charge in [-0.25, -0.2) is 9.97 Å². The van der Waals surface area contributed by atoms with Crippen LogP contribution in [0.2, 0.25) is 0 Å². The van der Waals surface area contributed by atoms with E-state index in [4.69, 9.17) is 9.97 Å². The molecule has 0 atom stereocenters. The van der Waals surface area contributed by atoms with E-state index in [-0.39, 0.29) is 0 Å². The molecule has 0 unspecified atom stereocenters. The minimum atomic E-state index is 0.723. The summed E-state index contributed by atoms with van der Waals surface area (Å²) in [5.41, 5.74) is 11.1. The molecule has 0 radical (unpaired) electrons. The minimum absolute atomic E-state index is 0.723. The van der Waals surface area contributed by atoms with Gasteiger partial charge >= 0.3 is 0 Å². The Balaban J connectivity index is 0.877. The lowest BCUT2D eigenvalue weighted by Crippen LogP contribution is -1.97. The molecule has 4 aromatic heterocycles. The second kappa shape index (κ2) is 13.9. The molecule has 0 saturated carbocycles. The number of benzene rings is 11. The normalized spacial score (nSPS) is 12.2. The summed E-state index contributed by atoms with van der Waals surface area (Å²) in [5.74, 6) is 0.723. The highest BCUT2D eigenvalue weighted by Crippen LogP contribution is 2.44. The van der Waals surface area contributed by atoms with E-state index in [1.54, 1.807) is 0 Å². The molecule has 67 heavy (non-hydrogen) atoms. The molecule has 15 rings (SSSR count). The van der Waals surface area contributed by atoms with Crippen LogP contribution in [0.15, 0.2) is 218 Å². The Morgan fingerprint density at radius 2 is 1.04 bits per heavy atom. The van der Waals surface area contributed by atoms with Gasteiger partial charge in [0.25, 0.3) is 0 Å². The van der Waals surface area contributed by atoms with Crippen molar-refractivity contribution < 1.29 is 0 Å². The molecule has 0 bridgehead atoms. The largest absolute Gasteiger partial charge is 0.309 e. The maximum absolute atomic E-state index is 5.37. The average Bonchev–Trinajstić information content (AvgIpc) is 4.05. The first-order valence-electron chi connectivity index (χ1n) is 22.8. The molecule has 11 aromatic carbocycles. The summed E-state index contributed by atoms with van der Waals surface area (Å²) in [7, 11) is 0. The Labute approximate surface area is 387 Å². The second-order valence-electron chi connectivity index (χ2n) is 17.7. The van der Waals surface area contributed by atoms with Crippen LogP contribution >= 0.6 is 11.3 Å². The van der Waals surface area contributed by atoms with E-state index < -0.39 is 0 Å². The lowest BCUT2D eigenvalue weighted by atomic mass is 10.0. The van der Waals surface area contributed by atoms with Crippen molar-refractivity contribution in [3.8, 4) is 34.0 Å². The van der Waals surface area contributed by atoms with E-state index in [0.29, 0.717) is 0 Å². The van der Waals surface area contributed by atoms with E-state index in [0.717, 1.165) is 50.0 Å². The number of nitrogens with zero attached hydrogens (tertiary/aromatic N) is 4. The minimum Gasteiger partial charge on any atom is -0.309 e. The second-order valence-corrected chi connectivity index (χ2v) is 18.7. The Kier molecular flexibility index (Phi) is 7.63. The summed E-state index contributed by atoms with van der Waals surface area (Å²) in [5, 5.41) is 15.9. The molecule has 0 amide bonds. The predicted octanol–water partition coefficient (Wildman–Crippen LogP) is 17.0. The summed E-state index contributed by atoms with van der Waals surface area (Å²) < 4.78 is 7.44. The average molecular weight is 869 g/mol. The van der Waals surface area contributed by atoms with Crippen LogP contribution in [0.25, 0.3) is 141 Å². The van der Waals surface area contributed by atoms with Crippen LogP contribution in [0.4, 0.5) is 0 Å². The van der Waals surface area contributed by atoms with Crippen LogP contribution in [0.3, 0.4) is 0 Å². The first-order chi connectivity index (χ1) is 33.2. The molecule has 4 heterocycles. The summed E-state index contributed by atoms with van der Waals surface area (Å²) in [6.07, 6.45) is 0. The monoisotopic (exact) mass is 868 g/mol. The first-order valence-corrected chi connectivity index (χ1v) is 23.6. The zero-order valence-electron chi connectivity index (χ0n) is 36.0. The number of fused-ring (bicyclic) bond motifs is 14. The maximum atomic E-state index is 5.37. The van der Waals surface area contributed by atoms with Crippen molar-refractivity contribution in [3.05, 3.63) is 218 Å². The van der Waals surface area contributed by atoms with Gasteiger partial charge in [-0.2, -0.15) is 0 Å². The van der Waals surface area contributed by atoms with E-state index in [2.05, 4.69) is 228 Å². The molecular formula is C62H36N4S. The van der Waals surface area contributed by atoms with Crippen molar-refractivity contribution in [2.75, 3.05) is 0 Å². The fourth-order valence-corrected chi connectivity index (χ4v) is 12.3. The van der Waals surface area contributed by atoms with E-state index >= 15 is 0 Å². The van der Waals surface area contributed by atoms with Crippen LogP contribution in [0.5, 0.6) is 0 Å². The van der Waals surface area contributed by atoms with Crippen LogP contribution < -0.4 is 0 Å². The third kappa shape index (κ3) is 5.34. The first kappa shape index (κ1) is 36.7. The van der Waals surface area contributed by atoms with Gasteiger partial charge in [0.2, 0.25) is 0 Å². The molecule has 4 nitrogen and oxygen atoms in total. The topological polar surface area (TPSA) is 35.6 Å². The highest BCUT2D eigenvalue weighted by molar-refractivity contribution is 7.26. The number of hydrogen-bond donors (Lipinski definition) is 0. The fraction of sp³-hybridized carbons (Fsp3) is 0. The van der Waals surface area contributed by atoms with Gasteiger partial charge in [-0.1, -0.05) is 152 Å². The Morgan fingerprint density at radius 1 is 0.358 bits per heavy atom. The lowest BCUT2D eigenvalue weighted by Gasteiger charge is -2.14. The summed E-state index contributed by atoms with van der Waals surface area (Å²) in [4.78, 5) is 10.5. The van der Waals surface area contributed by atoms with Crippen molar-refractivity contribution in [3.63, 3.8) is 0 Å². The van der Waals surface area contributed by atoms with Crippen LogP contribution in [-0.4, -0.2) is 19.1 Å². The van der Waals surface area contributed by atoms with E-state index in [1.165, 1.54) is 91.0 Å². The number of rotatable bonds is 4. The number of aromatic nitrogens is 4. The summed E-state index contributed by atoms with van der Waals surface area (Å²) in [6.45, 7) is 0. The molecule has 310 valence electrons. The van der Waals surface area contributed by atoms with E-state index in [9.17, 15) is 0 Å². The quantitative estimate of drug-likeness (QED) is 0.177. The Bertz CT molecular complexity index is 4590. The third-order valence-corrected chi connectivity index (χ3v) is 15.3. The van der Waals surface area contributed by atoms with Gasteiger partial charge in [0.1, 0.15) is 0 Å². The SMILES string of the molecule is c1cc(-n2c3ccccc3c3c4ccccc4ccc32)c2cc3c4ccccc4n(-c4ccc5cc(-c6nc(-c7cccc8c7sc7ccccc78)c7ccccc7n6)ccc5c4)c3cc2c1. The maximum Gasteiger partial charge on any atom is 0.160 e. The van der Waals surface area contributed by atoms with Crippen molar-refractivity contribution in [1.82, 2.24) is 19.1 Å². The molecule has 15 aromatic rings. The van der Waals surface area contributed by atoms with Gasteiger partial charge in [0.15, 0.2) is 5.82 Å². The van der Waals surface area contributed by atoms with Crippen LogP contribution in [0.1, 0.15) is 0 Å². The van der Waals surface area contributed by atoms with Crippen molar-refractivity contribution in [2.45, 2.75) is 0 Å². The highest BCUT2D eigenvalue weighted by Gasteiger charge is 2.20. The molecule has 0 aliphatic heterocycles. The van der Waals surface area contributed by atoms with Gasteiger partial charge in [0, 0.05) is 69.3 Å². The number of hydrogen-bond acceptors (Lipinski definition) is 3. The van der Waals surface area contributed by atoms with Gasteiger partial charge in [-0.3, -0.25) is 0 Å².